The first-order valence-electron chi connectivity index (χ1n) is 6.98. The van der Waals surface area contributed by atoms with Gasteiger partial charge in [0, 0.05) is 16.5 Å². The Labute approximate surface area is 140 Å². The summed E-state index contributed by atoms with van der Waals surface area (Å²) in [7, 11) is 0. The maximum absolute atomic E-state index is 12.1. The SMILES string of the molecule is CCC(=O)Oc1ccc(-c2nc3ccc(Br)cc3c(=O)o2)cc1. The minimum atomic E-state index is -0.451. The van der Waals surface area contributed by atoms with Gasteiger partial charge < -0.3 is 9.15 Å². The molecule has 0 amide bonds. The summed E-state index contributed by atoms with van der Waals surface area (Å²) in [5.41, 5.74) is 0.733. The van der Waals surface area contributed by atoms with Crippen LogP contribution in [-0.2, 0) is 4.79 Å². The van der Waals surface area contributed by atoms with Gasteiger partial charge in [0.1, 0.15) is 5.75 Å². The van der Waals surface area contributed by atoms with Crippen molar-refractivity contribution in [2.24, 2.45) is 0 Å². The number of carbonyl (C=O) groups is 1. The van der Waals surface area contributed by atoms with Gasteiger partial charge in [-0.15, -0.1) is 0 Å². The molecule has 116 valence electrons. The third kappa shape index (κ3) is 3.32. The summed E-state index contributed by atoms with van der Waals surface area (Å²) in [6, 6.07) is 11.9. The predicted molar refractivity (Wildman–Crippen MR) is 89.3 cm³/mol. The lowest BCUT2D eigenvalue weighted by molar-refractivity contribution is -0.134. The monoisotopic (exact) mass is 373 g/mol. The fourth-order valence-electron chi connectivity index (χ4n) is 2.04. The van der Waals surface area contributed by atoms with Crippen molar-refractivity contribution < 1.29 is 13.9 Å². The Morgan fingerprint density at radius 3 is 2.65 bits per heavy atom. The number of halogens is 1. The van der Waals surface area contributed by atoms with Gasteiger partial charge in [-0.1, -0.05) is 22.9 Å². The van der Waals surface area contributed by atoms with Crippen LogP contribution in [0.5, 0.6) is 5.75 Å². The molecule has 0 unspecified atom stereocenters. The second-order valence-electron chi connectivity index (χ2n) is 4.82. The number of esters is 1. The summed E-state index contributed by atoms with van der Waals surface area (Å²) in [6.07, 6.45) is 0.304. The quantitative estimate of drug-likeness (QED) is 0.513. The first-order valence-corrected chi connectivity index (χ1v) is 7.77. The molecule has 0 saturated carbocycles. The van der Waals surface area contributed by atoms with Crippen LogP contribution in [0.2, 0.25) is 0 Å². The fourth-order valence-corrected chi connectivity index (χ4v) is 2.40. The van der Waals surface area contributed by atoms with E-state index < -0.39 is 5.63 Å². The standard InChI is InChI=1S/C17H12BrNO4/c1-2-15(20)22-12-6-3-10(4-7-12)16-19-14-8-5-11(18)9-13(14)17(21)23-16/h3-9H,2H2,1H3. The summed E-state index contributed by atoms with van der Waals surface area (Å²) < 4.78 is 11.2. The minimum absolute atomic E-state index is 0.221. The van der Waals surface area contributed by atoms with Crippen LogP contribution in [0.15, 0.2) is 56.1 Å². The molecule has 0 aliphatic heterocycles. The maximum Gasteiger partial charge on any atom is 0.347 e. The van der Waals surface area contributed by atoms with Crippen molar-refractivity contribution in [3.05, 3.63) is 57.4 Å². The summed E-state index contributed by atoms with van der Waals surface area (Å²) in [5, 5.41) is 0.414. The molecule has 3 rings (SSSR count). The van der Waals surface area contributed by atoms with Gasteiger partial charge in [0.05, 0.1) is 10.9 Å². The van der Waals surface area contributed by atoms with Gasteiger partial charge in [0.15, 0.2) is 0 Å². The molecule has 3 aromatic rings. The van der Waals surface area contributed by atoms with Crippen molar-refractivity contribution in [1.82, 2.24) is 4.98 Å². The summed E-state index contributed by atoms with van der Waals surface area (Å²) in [4.78, 5) is 27.7. The molecule has 0 saturated heterocycles. The van der Waals surface area contributed by atoms with Crippen molar-refractivity contribution in [3.8, 4) is 17.2 Å². The molecular formula is C17H12BrNO4. The molecule has 0 spiro atoms. The zero-order chi connectivity index (χ0) is 16.4. The lowest BCUT2D eigenvalue weighted by Gasteiger charge is -2.04. The van der Waals surface area contributed by atoms with E-state index in [-0.39, 0.29) is 11.9 Å². The molecule has 0 fully saturated rings. The van der Waals surface area contributed by atoms with Gasteiger partial charge in [-0.25, -0.2) is 9.78 Å². The lowest BCUT2D eigenvalue weighted by atomic mass is 10.2. The molecule has 0 N–H and O–H groups in total. The average Bonchev–Trinajstić information content (AvgIpc) is 2.56. The number of hydrogen-bond acceptors (Lipinski definition) is 5. The Morgan fingerprint density at radius 2 is 1.96 bits per heavy atom. The van der Waals surface area contributed by atoms with Crippen molar-refractivity contribution >= 4 is 32.8 Å². The van der Waals surface area contributed by atoms with Gasteiger partial charge in [-0.3, -0.25) is 4.79 Å². The summed E-state index contributed by atoms with van der Waals surface area (Å²) in [5.74, 6) is 0.351. The smallest absolute Gasteiger partial charge is 0.347 e. The van der Waals surface area contributed by atoms with Crippen molar-refractivity contribution in [1.29, 1.82) is 0 Å². The zero-order valence-electron chi connectivity index (χ0n) is 12.2. The third-order valence-corrected chi connectivity index (χ3v) is 3.70. The molecule has 0 radical (unpaired) electrons. The molecule has 6 heteroatoms. The van der Waals surface area contributed by atoms with Gasteiger partial charge >= 0.3 is 11.6 Å². The largest absolute Gasteiger partial charge is 0.427 e. The Hall–Kier alpha value is -2.47. The highest BCUT2D eigenvalue weighted by molar-refractivity contribution is 9.10. The lowest BCUT2D eigenvalue weighted by Crippen LogP contribution is -2.05. The Morgan fingerprint density at radius 1 is 1.22 bits per heavy atom. The van der Waals surface area contributed by atoms with Crippen molar-refractivity contribution in [2.45, 2.75) is 13.3 Å². The second kappa shape index (κ2) is 6.34. The molecule has 1 heterocycles. The number of rotatable bonds is 3. The zero-order valence-corrected chi connectivity index (χ0v) is 13.8. The third-order valence-electron chi connectivity index (χ3n) is 3.21. The van der Waals surface area contributed by atoms with Crippen LogP contribution in [0.1, 0.15) is 13.3 Å². The van der Waals surface area contributed by atoms with Crippen LogP contribution in [0.25, 0.3) is 22.4 Å². The van der Waals surface area contributed by atoms with E-state index in [0.29, 0.717) is 28.6 Å². The summed E-state index contributed by atoms with van der Waals surface area (Å²) in [6.45, 7) is 1.72. The van der Waals surface area contributed by atoms with E-state index in [1.807, 2.05) is 6.07 Å². The first-order chi connectivity index (χ1) is 11.1. The number of hydrogen-bond donors (Lipinski definition) is 0. The highest BCUT2D eigenvalue weighted by atomic mass is 79.9. The van der Waals surface area contributed by atoms with E-state index in [0.717, 1.165) is 4.47 Å². The van der Waals surface area contributed by atoms with E-state index in [4.69, 9.17) is 9.15 Å². The van der Waals surface area contributed by atoms with Crippen molar-refractivity contribution in [3.63, 3.8) is 0 Å². The number of aromatic nitrogens is 1. The number of ether oxygens (including phenoxy) is 1. The second-order valence-corrected chi connectivity index (χ2v) is 5.74. The van der Waals surface area contributed by atoms with Gasteiger partial charge in [0.25, 0.3) is 0 Å². The molecule has 0 atom stereocenters. The predicted octanol–water partition coefficient (Wildman–Crippen LogP) is 3.93. The Balaban J connectivity index is 1.98. The van der Waals surface area contributed by atoms with Crippen LogP contribution >= 0.6 is 15.9 Å². The van der Waals surface area contributed by atoms with Crippen LogP contribution in [0.4, 0.5) is 0 Å². The molecule has 0 aliphatic rings. The first kappa shape index (κ1) is 15.4. The molecule has 5 nitrogen and oxygen atoms in total. The fraction of sp³-hybridized carbons (Fsp3) is 0.118. The number of benzene rings is 2. The number of fused-ring (bicyclic) bond motifs is 1. The average molecular weight is 374 g/mol. The van der Waals surface area contributed by atoms with Crippen LogP contribution < -0.4 is 10.4 Å². The topological polar surface area (TPSA) is 69.4 Å². The molecule has 0 bridgehead atoms. The van der Waals surface area contributed by atoms with E-state index in [1.54, 1.807) is 43.3 Å². The van der Waals surface area contributed by atoms with Crippen LogP contribution in [0, 0.1) is 0 Å². The van der Waals surface area contributed by atoms with Crippen molar-refractivity contribution in [2.75, 3.05) is 0 Å². The highest BCUT2D eigenvalue weighted by Gasteiger charge is 2.10. The van der Waals surface area contributed by atoms with Crippen LogP contribution in [-0.4, -0.2) is 11.0 Å². The Bertz CT molecular complexity index is 931. The maximum atomic E-state index is 12.1. The van der Waals surface area contributed by atoms with E-state index >= 15 is 0 Å². The highest BCUT2D eigenvalue weighted by Crippen LogP contribution is 2.23. The molecular weight excluding hydrogens is 362 g/mol. The molecule has 23 heavy (non-hydrogen) atoms. The van der Waals surface area contributed by atoms with Gasteiger partial charge in [0.2, 0.25) is 5.89 Å². The van der Waals surface area contributed by atoms with E-state index in [1.165, 1.54) is 0 Å². The number of nitrogens with zero attached hydrogens (tertiary/aromatic N) is 1. The minimum Gasteiger partial charge on any atom is -0.427 e. The summed E-state index contributed by atoms with van der Waals surface area (Å²) >= 11 is 3.31. The van der Waals surface area contributed by atoms with Gasteiger partial charge in [-0.2, -0.15) is 0 Å². The normalized spacial score (nSPS) is 10.7. The number of carbonyl (C=O) groups excluding carboxylic acids is 1. The van der Waals surface area contributed by atoms with E-state index in [2.05, 4.69) is 20.9 Å². The van der Waals surface area contributed by atoms with E-state index in [9.17, 15) is 9.59 Å². The molecule has 1 aromatic heterocycles. The molecule has 2 aromatic carbocycles. The van der Waals surface area contributed by atoms with Crippen LogP contribution in [0.3, 0.4) is 0 Å². The Kier molecular flexibility index (Phi) is 4.25. The van der Waals surface area contributed by atoms with Gasteiger partial charge in [-0.05, 0) is 42.5 Å². The molecule has 0 aliphatic carbocycles.